The Balaban J connectivity index is 0.000000306. The van der Waals surface area contributed by atoms with E-state index in [1.54, 1.807) is 6.92 Å². The number of nitro benzene ring substituents is 1. The molecule has 0 unspecified atom stereocenters. The molecule has 0 spiro atoms. The number of hydrogen-bond acceptors (Lipinski definition) is 9. The molecular weight excluding hydrogens is 564 g/mol. The summed E-state index contributed by atoms with van der Waals surface area (Å²) in [7, 11) is 0. The van der Waals surface area contributed by atoms with Crippen molar-refractivity contribution in [3.63, 3.8) is 0 Å². The first-order valence-electron chi connectivity index (χ1n) is 11.5. The van der Waals surface area contributed by atoms with Crippen LogP contribution in [0.2, 0.25) is 10.3 Å². The number of anilines is 2. The molecule has 2 aromatic carbocycles. The molecule has 10 nitrogen and oxygen atoms in total. The number of alkyl halides is 3. The minimum absolute atomic E-state index is 0.0111. The maximum absolute atomic E-state index is 12.6. The number of nitrogens with one attached hydrogen (secondary N) is 2. The maximum Gasteiger partial charge on any atom is 0.416 e. The highest BCUT2D eigenvalue weighted by atomic mass is 35.5. The Bertz CT molecular complexity index is 1290. The summed E-state index contributed by atoms with van der Waals surface area (Å²) in [5, 5.41) is 17.0. The van der Waals surface area contributed by atoms with Gasteiger partial charge in [-0.3, -0.25) is 10.1 Å². The number of nitrogens with zero attached hydrogens (tertiary/aromatic N) is 4. The van der Waals surface area contributed by atoms with Gasteiger partial charge < -0.3 is 20.1 Å². The molecule has 15 heteroatoms. The van der Waals surface area contributed by atoms with Gasteiger partial charge in [-0.2, -0.15) is 28.1 Å². The van der Waals surface area contributed by atoms with Crippen molar-refractivity contribution >= 4 is 40.8 Å². The van der Waals surface area contributed by atoms with Crippen molar-refractivity contribution < 1.29 is 27.6 Å². The number of benzene rings is 2. The fourth-order valence-corrected chi connectivity index (χ4v) is 3.22. The molecule has 0 aliphatic carbocycles. The molecule has 0 radical (unpaired) electrons. The zero-order chi connectivity index (χ0) is 29.4. The van der Waals surface area contributed by atoms with Crippen LogP contribution in [0.15, 0.2) is 36.4 Å². The van der Waals surface area contributed by atoms with Crippen LogP contribution in [-0.2, 0) is 6.18 Å². The largest absolute Gasteiger partial charge is 0.487 e. The summed E-state index contributed by atoms with van der Waals surface area (Å²) in [6, 6.07) is 6.40. The molecule has 2 N–H and O–H groups in total. The minimum atomic E-state index is -4.52. The summed E-state index contributed by atoms with van der Waals surface area (Å²) in [5.74, 6) is 1.09. The number of ether oxygens (including phenoxy) is 2. The van der Waals surface area contributed by atoms with Gasteiger partial charge in [-0.25, -0.2) is 0 Å². The molecule has 0 atom stereocenters. The molecule has 0 bridgehead atoms. The second kappa shape index (κ2) is 13.5. The number of rotatable bonds is 8. The fourth-order valence-electron chi connectivity index (χ4n) is 2.85. The smallest absolute Gasteiger partial charge is 0.416 e. The quantitative estimate of drug-likeness (QED) is 0.201. The van der Waals surface area contributed by atoms with Gasteiger partial charge in [0.05, 0.1) is 22.1 Å². The molecule has 1 aromatic heterocycles. The number of aromatic nitrogens is 3. The van der Waals surface area contributed by atoms with Crippen LogP contribution < -0.4 is 20.1 Å². The molecular formula is C24H27Cl2F3N6O4. The Morgan fingerprint density at radius 1 is 0.974 bits per heavy atom. The first-order valence-corrected chi connectivity index (χ1v) is 12.3. The third kappa shape index (κ3) is 10.2. The van der Waals surface area contributed by atoms with Gasteiger partial charge in [0.15, 0.2) is 0 Å². The van der Waals surface area contributed by atoms with Crippen molar-refractivity contribution in [1.29, 1.82) is 0 Å². The minimum Gasteiger partial charge on any atom is -0.487 e. The second-order valence-corrected chi connectivity index (χ2v) is 9.47. The number of hydrogen-bond donors (Lipinski definition) is 2. The van der Waals surface area contributed by atoms with Crippen molar-refractivity contribution in [2.45, 2.75) is 46.3 Å². The third-order valence-corrected chi connectivity index (χ3v) is 4.81. The zero-order valence-electron chi connectivity index (χ0n) is 21.7. The summed E-state index contributed by atoms with van der Waals surface area (Å²) in [6.45, 7) is 10.6. The summed E-state index contributed by atoms with van der Waals surface area (Å²) in [4.78, 5) is 22.4. The normalized spacial score (nSPS) is 11.2. The topological polar surface area (TPSA) is 124 Å². The highest BCUT2D eigenvalue weighted by Gasteiger charge is 2.31. The van der Waals surface area contributed by atoms with Gasteiger partial charge in [-0.1, -0.05) is 11.6 Å². The van der Waals surface area contributed by atoms with Crippen molar-refractivity contribution in [3.05, 3.63) is 62.4 Å². The first kappa shape index (κ1) is 31.6. The van der Waals surface area contributed by atoms with Crippen LogP contribution in [0.1, 0.15) is 40.2 Å². The Hall–Kier alpha value is -3.58. The van der Waals surface area contributed by atoms with Crippen molar-refractivity contribution in [1.82, 2.24) is 15.0 Å². The molecule has 0 aliphatic heterocycles. The monoisotopic (exact) mass is 590 g/mol. The number of halogens is 5. The Morgan fingerprint density at radius 3 is 2.18 bits per heavy atom. The zero-order valence-corrected chi connectivity index (χ0v) is 23.2. The van der Waals surface area contributed by atoms with E-state index in [9.17, 15) is 23.3 Å². The predicted octanol–water partition coefficient (Wildman–Crippen LogP) is 7.63. The molecule has 0 fully saturated rings. The van der Waals surface area contributed by atoms with Gasteiger partial charge in [0.2, 0.25) is 22.9 Å². The third-order valence-electron chi connectivity index (χ3n) is 4.34. The Labute approximate surface area is 233 Å². The lowest BCUT2D eigenvalue weighted by Gasteiger charge is -2.20. The summed E-state index contributed by atoms with van der Waals surface area (Å²) in [6.07, 6.45) is -4.52. The summed E-state index contributed by atoms with van der Waals surface area (Å²) in [5.41, 5.74) is -1.25. The van der Waals surface area contributed by atoms with E-state index in [0.29, 0.717) is 11.9 Å². The molecule has 212 valence electrons. The van der Waals surface area contributed by atoms with Crippen LogP contribution >= 0.6 is 23.2 Å². The molecule has 39 heavy (non-hydrogen) atoms. The van der Waals surface area contributed by atoms with Crippen LogP contribution in [0.25, 0.3) is 0 Å². The van der Waals surface area contributed by atoms with E-state index in [-0.39, 0.29) is 45.4 Å². The molecule has 0 amide bonds. The van der Waals surface area contributed by atoms with Gasteiger partial charge in [-0.05, 0) is 70.5 Å². The molecule has 0 saturated heterocycles. The number of nitro groups is 1. The van der Waals surface area contributed by atoms with Crippen molar-refractivity contribution in [3.8, 4) is 17.2 Å². The first-order chi connectivity index (χ1) is 18.1. The lowest BCUT2D eigenvalue weighted by Crippen LogP contribution is -2.27. The SMILES string of the molecule is CCNc1nc(Cl)nc(NC(C)(C)C)n1.CCOc1cc(Oc2ccc(C(F)(F)F)cc2Cl)ccc1[N+](=O)[O-]. The van der Waals surface area contributed by atoms with Crippen LogP contribution in [0.5, 0.6) is 17.2 Å². The Morgan fingerprint density at radius 2 is 1.64 bits per heavy atom. The van der Waals surface area contributed by atoms with Crippen LogP contribution in [-0.4, -0.2) is 38.6 Å². The van der Waals surface area contributed by atoms with E-state index >= 15 is 0 Å². The summed E-state index contributed by atoms with van der Waals surface area (Å²) < 4.78 is 48.4. The van der Waals surface area contributed by atoms with Crippen molar-refractivity contribution in [2.24, 2.45) is 0 Å². The molecule has 0 aliphatic rings. The second-order valence-electron chi connectivity index (χ2n) is 8.72. The van der Waals surface area contributed by atoms with E-state index in [2.05, 4.69) is 25.6 Å². The molecule has 3 aromatic rings. The standard InChI is InChI=1S/C15H11ClF3NO4.C9H16ClN5/c1-2-23-14-8-10(4-5-12(14)20(21)22)24-13-6-3-9(7-11(13)16)15(17,18)19;1-5-11-7-12-6(10)13-8(14-7)15-9(2,3)4/h3-8H,2H2,1H3;5H2,1-4H3,(H2,11,12,13,14,15). The Kier molecular flexibility index (Phi) is 10.9. The van der Waals surface area contributed by atoms with Gasteiger partial charge in [0, 0.05) is 24.2 Å². The van der Waals surface area contributed by atoms with Crippen LogP contribution in [0.3, 0.4) is 0 Å². The van der Waals surface area contributed by atoms with Gasteiger partial charge in [-0.15, -0.1) is 0 Å². The maximum atomic E-state index is 12.6. The molecule has 1 heterocycles. The van der Waals surface area contributed by atoms with Crippen molar-refractivity contribution in [2.75, 3.05) is 23.8 Å². The van der Waals surface area contributed by atoms with Gasteiger partial charge in [0.25, 0.3) is 0 Å². The predicted molar refractivity (Wildman–Crippen MR) is 143 cm³/mol. The van der Waals surface area contributed by atoms with Crippen LogP contribution in [0.4, 0.5) is 30.8 Å². The van der Waals surface area contributed by atoms with E-state index in [0.717, 1.165) is 24.7 Å². The average molecular weight is 591 g/mol. The van der Waals surface area contributed by atoms with Gasteiger partial charge >= 0.3 is 11.9 Å². The lowest BCUT2D eigenvalue weighted by molar-refractivity contribution is -0.385. The van der Waals surface area contributed by atoms with E-state index in [1.165, 1.54) is 18.2 Å². The summed E-state index contributed by atoms with van der Waals surface area (Å²) >= 11 is 11.6. The van der Waals surface area contributed by atoms with Crippen LogP contribution in [0, 0.1) is 10.1 Å². The highest BCUT2D eigenvalue weighted by molar-refractivity contribution is 6.32. The van der Waals surface area contributed by atoms with Gasteiger partial charge in [0.1, 0.15) is 11.5 Å². The van der Waals surface area contributed by atoms with E-state index in [4.69, 9.17) is 32.7 Å². The lowest BCUT2D eigenvalue weighted by atomic mass is 10.1. The van der Waals surface area contributed by atoms with E-state index < -0.39 is 16.7 Å². The molecule has 0 saturated carbocycles. The highest BCUT2D eigenvalue weighted by Crippen LogP contribution is 2.38. The fraction of sp³-hybridized carbons (Fsp3) is 0.375. The van der Waals surface area contributed by atoms with E-state index in [1.807, 2.05) is 27.7 Å². The average Bonchev–Trinajstić information content (AvgIpc) is 2.79. The molecule has 3 rings (SSSR count).